The molecule has 0 aromatic carbocycles. The van der Waals surface area contributed by atoms with Crippen LogP contribution in [0.25, 0.3) is 0 Å². The van der Waals surface area contributed by atoms with Gasteiger partial charge in [-0.1, -0.05) is 0 Å². The Labute approximate surface area is 112 Å². The van der Waals surface area contributed by atoms with E-state index >= 15 is 0 Å². The van der Waals surface area contributed by atoms with E-state index in [9.17, 15) is 18.0 Å². The molecule has 0 atom stereocenters. The summed E-state index contributed by atoms with van der Waals surface area (Å²) in [6.45, 7) is 0.141. The van der Waals surface area contributed by atoms with Crippen molar-refractivity contribution in [1.29, 1.82) is 0 Å². The summed E-state index contributed by atoms with van der Waals surface area (Å²) < 4.78 is 36.7. The number of nitrogens with two attached hydrogens (primary N) is 1. The number of carbonyl (C=O) groups is 1. The number of alkyl halides is 3. The van der Waals surface area contributed by atoms with Crippen molar-refractivity contribution < 1.29 is 18.0 Å². The van der Waals surface area contributed by atoms with Crippen LogP contribution in [0.4, 0.5) is 18.9 Å². The van der Waals surface area contributed by atoms with Gasteiger partial charge in [0.25, 0.3) is 5.91 Å². The monoisotopic (exact) mass is 293 g/mol. The molecule has 106 valence electrons. The average molecular weight is 293 g/mol. The highest BCUT2D eigenvalue weighted by atomic mass is 32.1. The normalized spacial score (nSPS) is 17.7. The van der Waals surface area contributed by atoms with Gasteiger partial charge >= 0.3 is 6.18 Å². The Bertz CT molecular complexity index is 452. The second-order valence-electron chi connectivity index (χ2n) is 4.39. The first kappa shape index (κ1) is 14.1. The van der Waals surface area contributed by atoms with Gasteiger partial charge in [0.2, 0.25) is 0 Å². The van der Waals surface area contributed by atoms with E-state index in [4.69, 9.17) is 5.73 Å². The molecule has 1 amide bonds. The van der Waals surface area contributed by atoms with E-state index in [2.05, 4.69) is 0 Å². The molecule has 1 aromatic rings. The molecule has 0 unspecified atom stereocenters. The number of rotatable bonds is 2. The van der Waals surface area contributed by atoms with Gasteiger partial charge in [-0.3, -0.25) is 9.69 Å². The Morgan fingerprint density at radius 3 is 2.42 bits per heavy atom. The van der Waals surface area contributed by atoms with Crippen LogP contribution in [0.15, 0.2) is 11.4 Å². The molecule has 1 fully saturated rings. The zero-order valence-corrected chi connectivity index (χ0v) is 10.9. The Morgan fingerprint density at radius 1 is 1.32 bits per heavy atom. The zero-order chi connectivity index (χ0) is 14.0. The maximum absolute atomic E-state index is 12.2. The van der Waals surface area contributed by atoms with Crippen molar-refractivity contribution in [2.75, 3.05) is 38.5 Å². The molecule has 0 spiro atoms. The molecule has 1 aromatic heterocycles. The fourth-order valence-electron chi connectivity index (χ4n) is 2.00. The van der Waals surface area contributed by atoms with Gasteiger partial charge in [0.15, 0.2) is 0 Å². The van der Waals surface area contributed by atoms with Crippen LogP contribution in [-0.4, -0.2) is 54.6 Å². The summed E-state index contributed by atoms with van der Waals surface area (Å²) in [5, 5.41) is 1.72. The maximum atomic E-state index is 12.2. The number of amides is 1. The van der Waals surface area contributed by atoms with Gasteiger partial charge in [-0.25, -0.2) is 0 Å². The molecule has 2 heterocycles. The molecule has 1 saturated heterocycles. The smallest absolute Gasteiger partial charge is 0.397 e. The summed E-state index contributed by atoms with van der Waals surface area (Å²) >= 11 is 1.25. The highest BCUT2D eigenvalue weighted by molar-refractivity contribution is 7.12. The molecule has 0 bridgehead atoms. The first-order chi connectivity index (χ1) is 8.87. The minimum absolute atomic E-state index is 0.195. The quantitative estimate of drug-likeness (QED) is 0.902. The number of thiophene rings is 1. The topological polar surface area (TPSA) is 49.6 Å². The first-order valence-corrected chi connectivity index (χ1v) is 6.66. The van der Waals surface area contributed by atoms with Gasteiger partial charge in [-0.05, 0) is 11.4 Å². The summed E-state index contributed by atoms with van der Waals surface area (Å²) in [4.78, 5) is 15.4. The van der Waals surface area contributed by atoms with E-state index in [1.165, 1.54) is 16.2 Å². The largest absolute Gasteiger partial charge is 0.401 e. The highest BCUT2D eigenvalue weighted by Crippen LogP contribution is 2.22. The molecular weight excluding hydrogens is 279 g/mol. The van der Waals surface area contributed by atoms with E-state index in [0.29, 0.717) is 23.7 Å². The van der Waals surface area contributed by atoms with Gasteiger partial charge < -0.3 is 10.6 Å². The van der Waals surface area contributed by atoms with Crippen LogP contribution < -0.4 is 5.73 Å². The molecular formula is C11H14F3N3OS. The summed E-state index contributed by atoms with van der Waals surface area (Å²) in [7, 11) is 0. The molecule has 1 aliphatic heterocycles. The fraction of sp³-hybridized carbons (Fsp3) is 0.545. The van der Waals surface area contributed by atoms with E-state index in [0.717, 1.165) is 0 Å². The molecule has 4 nitrogen and oxygen atoms in total. The van der Waals surface area contributed by atoms with E-state index in [-0.39, 0.29) is 19.0 Å². The van der Waals surface area contributed by atoms with Gasteiger partial charge in [0.1, 0.15) is 4.88 Å². The van der Waals surface area contributed by atoms with Crippen molar-refractivity contribution in [2.24, 2.45) is 0 Å². The number of hydrogen-bond acceptors (Lipinski definition) is 4. The van der Waals surface area contributed by atoms with Crippen molar-refractivity contribution in [2.45, 2.75) is 6.18 Å². The van der Waals surface area contributed by atoms with Gasteiger partial charge in [-0.15, -0.1) is 11.3 Å². The summed E-state index contributed by atoms with van der Waals surface area (Å²) in [5.74, 6) is -0.195. The second-order valence-corrected chi connectivity index (χ2v) is 5.30. The number of carbonyl (C=O) groups excluding carboxylic acids is 1. The SMILES string of the molecule is Nc1ccsc1C(=O)N1CCN(CC(F)(F)F)CC1. The first-order valence-electron chi connectivity index (χ1n) is 5.78. The van der Waals surface area contributed by atoms with Crippen molar-refractivity contribution in [3.8, 4) is 0 Å². The zero-order valence-electron chi connectivity index (χ0n) is 10.1. The summed E-state index contributed by atoms with van der Waals surface area (Å²) in [6, 6.07) is 1.65. The van der Waals surface area contributed by atoms with Crippen LogP contribution in [-0.2, 0) is 0 Å². The average Bonchev–Trinajstić information content (AvgIpc) is 2.73. The predicted octanol–water partition coefficient (Wildman–Crippen LogP) is 1.65. The maximum Gasteiger partial charge on any atom is 0.401 e. The molecule has 19 heavy (non-hydrogen) atoms. The Hall–Kier alpha value is -1.28. The standard InChI is InChI=1S/C11H14F3N3OS/c12-11(13,14)7-16-2-4-17(5-3-16)10(18)9-8(15)1-6-19-9/h1,6H,2-5,7,15H2. The number of halogens is 3. The van der Waals surface area contributed by atoms with E-state index in [1.54, 1.807) is 16.3 Å². The van der Waals surface area contributed by atoms with Crippen molar-refractivity contribution in [3.05, 3.63) is 16.3 Å². The number of hydrogen-bond donors (Lipinski definition) is 1. The van der Waals surface area contributed by atoms with Crippen LogP contribution in [0.1, 0.15) is 9.67 Å². The molecule has 0 saturated carbocycles. The van der Waals surface area contributed by atoms with Crippen molar-refractivity contribution in [3.63, 3.8) is 0 Å². The summed E-state index contributed by atoms with van der Waals surface area (Å²) in [6.07, 6.45) is -4.19. The Balaban J connectivity index is 1.90. The van der Waals surface area contributed by atoms with Crippen LogP contribution in [0.2, 0.25) is 0 Å². The third-order valence-electron chi connectivity index (χ3n) is 2.95. The lowest BCUT2D eigenvalue weighted by Gasteiger charge is -2.34. The van der Waals surface area contributed by atoms with Crippen molar-refractivity contribution >= 4 is 22.9 Å². The lowest BCUT2D eigenvalue weighted by molar-refractivity contribution is -0.148. The number of piperazine rings is 1. The Morgan fingerprint density at radius 2 is 1.95 bits per heavy atom. The third kappa shape index (κ3) is 3.60. The lowest BCUT2D eigenvalue weighted by Crippen LogP contribution is -2.50. The highest BCUT2D eigenvalue weighted by Gasteiger charge is 2.33. The van der Waals surface area contributed by atoms with Crippen LogP contribution in [0.5, 0.6) is 0 Å². The van der Waals surface area contributed by atoms with Gasteiger partial charge in [0, 0.05) is 26.2 Å². The molecule has 2 N–H and O–H groups in total. The van der Waals surface area contributed by atoms with Crippen LogP contribution in [0, 0.1) is 0 Å². The number of nitrogens with zero attached hydrogens (tertiary/aromatic N) is 2. The van der Waals surface area contributed by atoms with Crippen molar-refractivity contribution in [1.82, 2.24) is 9.80 Å². The van der Waals surface area contributed by atoms with Crippen LogP contribution in [0.3, 0.4) is 0 Å². The van der Waals surface area contributed by atoms with Gasteiger partial charge in [0.05, 0.1) is 12.2 Å². The molecule has 8 heteroatoms. The minimum Gasteiger partial charge on any atom is -0.397 e. The fourth-order valence-corrected chi connectivity index (χ4v) is 2.78. The van der Waals surface area contributed by atoms with E-state index < -0.39 is 12.7 Å². The number of nitrogen functional groups attached to an aromatic ring is 1. The molecule has 1 aliphatic rings. The van der Waals surface area contributed by atoms with E-state index in [1.807, 2.05) is 0 Å². The van der Waals surface area contributed by atoms with Crippen LogP contribution >= 0.6 is 11.3 Å². The summed E-state index contributed by atoms with van der Waals surface area (Å²) in [5.41, 5.74) is 6.09. The Kier molecular flexibility index (Phi) is 4.00. The second kappa shape index (κ2) is 5.38. The molecule has 2 rings (SSSR count). The predicted molar refractivity (Wildman–Crippen MR) is 67.1 cm³/mol. The third-order valence-corrected chi connectivity index (χ3v) is 3.87. The molecule has 0 radical (unpaired) electrons. The van der Waals surface area contributed by atoms with Gasteiger partial charge in [-0.2, -0.15) is 13.2 Å². The minimum atomic E-state index is -4.19. The molecule has 0 aliphatic carbocycles. The lowest BCUT2D eigenvalue weighted by atomic mass is 10.2. The number of anilines is 1.